The third kappa shape index (κ3) is 16.5. The summed E-state index contributed by atoms with van der Waals surface area (Å²) in [6.45, 7) is 1.65. The topological polar surface area (TPSA) is 17.1 Å². The molecule has 3 heteroatoms. The van der Waals surface area contributed by atoms with Crippen LogP contribution in [0.25, 0.3) is 0 Å². The molecule has 0 aliphatic rings. The Kier molecular flexibility index (Phi) is 15.0. The highest BCUT2D eigenvalue weighted by molar-refractivity contribution is 9.09. The maximum absolute atomic E-state index is 10.7. The summed E-state index contributed by atoms with van der Waals surface area (Å²) >= 11 is 4.93. The van der Waals surface area contributed by atoms with Crippen molar-refractivity contribution in [2.24, 2.45) is 0 Å². The smallest absolute Gasteiger partial charge is 0.185 e. The highest BCUT2D eigenvalue weighted by Crippen LogP contribution is 2.12. The number of hydrogen-bond acceptors (Lipinski definition) is 2. The number of rotatable bonds is 12. The molecule has 0 aliphatic heterocycles. The Morgan fingerprint density at radius 3 is 1.65 bits per heavy atom. The SMILES string of the molecule is CC(=O)SCCCCCCCCCCCCBr. The van der Waals surface area contributed by atoms with Crippen LogP contribution >= 0.6 is 27.7 Å². The highest BCUT2D eigenvalue weighted by Gasteiger charge is 1.95. The molecule has 1 nitrogen and oxygen atoms in total. The molecule has 0 fully saturated rings. The van der Waals surface area contributed by atoms with Gasteiger partial charge in [0.25, 0.3) is 0 Å². The number of thioether (sulfide) groups is 1. The van der Waals surface area contributed by atoms with Crippen LogP contribution < -0.4 is 0 Å². The second kappa shape index (κ2) is 14.6. The molecule has 0 aliphatic carbocycles. The Labute approximate surface area is 120 Å². The molecule has 102 valence electrons. The largest absolute Gasteiger partial charge is 0.288 e. The van der Waals surface area contributed by atoms with Crippen LogP contribution in [0.5, 0.6) is 0 Å². The third-order valence-electron chi connectivity index (χ3n) is 2.83. The molecule has 0 saturated heterocycles. The molecule has 0 aromatic rings. The van der Waals surface area contributed by atoms with Gasteiger partial charge in [-0.15, -0.1) is 0 Å². The lowest BCUT2D eigenvalue weighted by molar-refractivity contribution is -0.109. The quantitative estimate of drug-likeness (QED) is 0.345. The summed E-state index contributed by atoms with van der Waals surface area (Å²) in [6, 6.07) is 0. The van der Waals surface area contributed by atoms with E-state index in [1.165, 1.54) is 76.0 Å². The number of hydrogen-bond donors (Lipinski definition) is 0. The molecular formula is C14H27BrOS. The zero-order valence-corrected chi connectivity index (χ0v) is 13.6. The molecule has 0 amide bonds. The second-order valence-corrected chi connectivity index (χ2v) is 6.63. The minimum atomic E-state index is 0.258. The van der Waals surface area contributed by atoms with Gasteiger partial charge in [-0.1, -0.05) is 79.1 Å². The maximum atomic E-state index is 10.7. The van der Waals surface area contributed by atoms with E-state index in [1.807, 2.05) is 0 Å². The van der Waals surface area contributed by atoms with Crippen molar-refractivity contribution in [1.29, 1.82) is 0 Å². The standard InChI is InChI=1S/C14H27BrOS/c1-14(16)17-13-11-9-7-5-3-2-4-6-8-10-12-15/h2-13H2,1H3. The van der Waals surface area contributed by atoms with Gasteiger partial charge in [-0.25, -0.2) is 0 Å². The van der Waals surface area contributed by atoms with Gasteiger partial charge >= 0.3 is 0 Å². The molecule has 0 spiro atoms. The summed E-state index contributed by atoms with van der Waals surface area (Å²) in [6.07, 6.45) is 13.6. The van der Waals surface area contributed by atoms with E-state index in [0.29, 0.717) is 0 Å². The van der Waals surface area contributed by atoms with Crippen molar-refractivity contribution in [2.75, 3.05) is 11.1 Å². The number of carbonyl (C=O) groups excluding carboxylic acids is 1. The van der Waals surface area contributed by atoms with Crippen LogP contribution in [0.15, 0.2) is 0 Å². The molecule has 0 saturated carbocycles. The Hall–Kier alpha value is 0.500. The van der Waals surface area contributed by atoms with Gasteiger partial charge < -0.3 is 0 Å². The van der Waals surface area contributed by atoms with Crippen LogP contribution in [0.2, 0.25) is 0 Å². The fraction of sp³-hybridized carbons (Fsp3) is 0.929. The van der Waals surface area contributed by atoms with Crippen LogP contribution in [-0.2, 0) is 4.79 Å². The molecule has 0 bridgehead atoms. The minimum Gasteiger partial charge on any atom is -0.288 e. The third-order valence-corrected chi connectivity index (χ3v) is 4.29. The van der Waals surface area contributed by atoms with Crippen LogP contribution in [0.3, 0.4) is 0 Å². The van der Waals surface area contributed by atoms with E-state index < -0.39 is 0 Å². The van der Waals surface area contributed by atoms with E-state index >= 15 is 0 Å². The van der Waals surface area contributed by atoms with E-state index in [4.69, 9.17) is 0 Å². The van der Waals surface area contributed by atoms with Crippen molar-refractivity contribution in [1.82, 2.24) is 0 Å². The molecule has 0 rings (SSSR count). The van der Waals surface area contributed by atoms with Gasteiger partial charge in [0.2, 0.25) is 0 Å². The lowest BCUT2D eigenvalue weighted by Gasteiger charge is -2.02. The van der Waals surface area contributed by atoms with Gasteiger partial charge in [0.15, 0.2) is 5.12 Å². The van der Waals surface area contributed by atoms with Crippen LogP contribution in [0.1, 0.15) is 71.1 Å². The van der Waals surface area contributed by atoms with Crippen molar-refractivity contribution >= 4 is 32.8 Å². The predicted octanol–water partition coefficient (Wildman–Crippen LogP) is 5.56. The summed E-state index contributed by atoms with van der Waals surface area (Å²) in [5.41, 5.74) is 0. The van der Waals surface area contributed by atoms with Gasteiger partial charge in [0, 0.05) is 18.0 Å². The Bertz CT molecular complexity index is 174. The van der Waals surface area contributed by atoms with Gasteiger partial charge in [0.05, 0.1) is 0 Å². The van der Waals surface area contributed by atoms with Gasteiger partial charge in [-0.05, 0) is 12.8 Å². The van der Waals surface area contributed by atoms with E-state index in [9.17, 15) is 4.79 Å². The lowest BCUT2D eigenvalue weighted by Crippen LogP contribution is -1.87. The number of unbranched alkanes of at least 4 members (excludes halogenated alkanes) is 9. The fourth-order valence-corrected chi connectivity index (χ4v) is 2.86. The minimum absolute atomic E-state index is 0.258. The number of halogens is 1. The van der Waals surface area contributed by atoms with Crippen molar-refractivity contribution < 1.29 is 4.79 Å². The van der Waals surface area contributed by atoms with Crippen LogP contribution in [0.4, 0.5) is 0 Å². The first-order valence-corrected chi connectivity index (χ1v) is 9.07. The zero-order valence-electron chi connectivity index (χ0n) is 11.2. The summed E-state index contributed by atoms with van der Waals surface area (Å²) in [7, 11) is 0. The van der Waals surface area contributed by atoms with Crippen molar-refractivity contribution in [3.8, 4) is 0 Å². The van der Waals surface area contributed by atoms with Gasteiger partial charge in [-0.2, -0.15) is 0 Å². The first-order valence-electron chi connectivity index (χ1n) is 6.96. The Balaban J connectivity index is 2.91. The predicted molar refractivity (Wildman–Crippen MR) is 83.1 cm³/mol. The van der Waals surface area contributed by atoms with Gasteiger partial charge in [-0.3, -0.25) is 4.79 Å². The molecule has 0 radical (unpaired) electrons. The molecule has 0 aromatic carbocycles. The monoisotopic (exact) mass is 322 g/mol. The molecule has 0 N–H and O–H groups in total. The molecule has 0 unspecified atom stereocenters. The molecule has 0 atom stereocenters. The summed E-state index contributed by atoms with van der Waals surface area (Å²) in [4.78, 5) is 10.7. The van der Waals surface area contributed by atoms with Crippen molar-refractivity contribution in [3.05, 3.63) is 0 Å². The van der Waals surface area contributed by atoms with Crippen molar-refractivity contribution in [3.63, 3.8) is 0 Å². The number of alkyl halides is 1. The molecule has 0 aromatic heterocycles. The Morgan fingerprint density at radius 1 is 0.824 bits per heavy atom. The van der Waals surface area contributed by atoms with Gasteiger partial charge in [0.1, 0.15) is 0 Å². The fourth-order valence-electron chi connectivity index (χ4n) is 1.83. The first-order chi connectivity index (χ1) is 8.27. The van der Waals surface area contributed by atoms with E-state index in [1.54, 1.807) is 6.92 Å². The summed E-state index contributed by atoms with van der Waals surface area (Å²) < 4.78 is 0. The maximum Gasteiger partial charge on any atom is 0.185 e. The van der Waals surface area contributed by atoms with Crippen LogP contribution in [-0.4, -0.2) is 16.2 Å². The summed E-state index contributed by atoms with van der Waals surface area (Å²) in [5.74, 6) is 1.02. The zero-order chi connectivity index (χ0) is 12.8. The van der Waals surface area contributed by atoms with E-state index in [0.717, 1.165) is 11.1 Å². The van der Waals surface area contributed by atoms with E-state index in [-0.39, 0.29) is 5.12 Å². The normalized spacial score (nSPS) is 10.7. The van der Waals surface area contributed by atoms with Crippen LogP contribution in [0, 0.1) is 0 Å². The Morgan fingerprint density at radius 2 is 1.24 bits per heavy atom. The second-order valence-electron chi connectivity index (χ2n) is 4.56. The first kappa shape index (κ1) is 17.5. The lowest BCUT2D eigenvalue weighted by atomic mass is 10.1. The number of carbonyl (C=O) groups is 1. The van der Waals surface area contributed by atoms with Crippen molar-refractivity contribution in [2.45, 2.75) is 71.1 Å². The molecule has 0 heterocycles. The van der Waals surface area contributed by atoms with E-state index in [2.05, 4.69) is 15.9 Å². The molecular weight excluding hydrogens is 296 g/mol. The summed E-state index contributed by atoms with van der Waals surface area (Å²) in [5, 5.41) is 1.42. The average Bonchev–Trinajstić information content (AvgIpc) is 2.30. The molecule has 17 heavy (non-hydrogen) atoms. The average molecular weight is 323 g/mol. The highest BCUT2D eigenvalue weighted by atomic mass is 79.9.